The molecule has 2 heterocycles. The number of carbonyl (C=O) groups excluding carboxylic acids is 1. The smallest absolute Gasteiger partial charge is 0.250 e. The Bertz CT molecular complexity index is 1630. The zero-order valence-electron chi connectivity index (χ0n) is 23.7. The molecule has 42 heavy (non-hydrogen) atoms. The van der Waals surface area contributed by atoms with E-state index in [0.29, 0.717) is 49.8 Å². The Morgan fingerprint density at radius 3 is 2.45 bits per heavy atom. The second-order valence-electron chi connectivity index (χ2n) is 10.9. The Labute approximate surface area is 247 Å². The van der Waals surface area contributed by atoms with Crippen LogP contribution >= 0.6 is 0 Å². The summed E-state index contributed by atoms with van der Waals surface area (Å²) in [5.41, 5.74) is 17.6. The molecule has 5 N–H and O–H groups in total. The molecule has 2 aliphatic rings. The lowest BCUT2D eigenvalue weighted by Gasteiger charge is -2.36. The van der Waals surface area contributed by atoms with Crippen LogP contribution in [0.2, 0.25) is 0 Å². The number of aliphatic hydroxyl groups excluding tert-OH is 1. The summed E-state index contributed by atoms with van der Waals surface area (Å²) >= 11 is 0. The van der Waals surface area contributed by atoms with Crippen LogP contribution < -0.4 is 11.5 Å². The van der Waals surface area contributed by atoms with Crippen molar-refractivity contribution in [2.75, 3.05) is 26.2 Å². The molecular weight excluding hydrogens is 550 g/mol. The summed E-state index contributed by atoms with van der Waals surface area (Å²) < 4.78 is 27.6. The summed E-state index contributed by atoms with van der Waals surface area (Å²) in [6.07, 6.45) is 2.90. The predicted molar refractivity (Wildman–Crippen MR) is 165 cm³/mol. The molecule has 10 heteroatoms. The third-order valence-corrected chi connectivity index (χ3v) is 9.50. The van der Waals surface area contributed by atoms with Crippen molar-refractivity contribution in [3.63, 3.8) is 0 Å². The van der Waals surface area contributed by atoms with E-state index in [1.165, 1.54) is 4.31 Å². The lowest BCUT2D eigenvalue weighted by atomic mass is 10.0. The maximum absolute atomic E-state index is 13.7. The Balaban J connectivity index is 1.40. The summed E-state index contributed by atoms with van der Waals surface area (Å²) in [6.45, 7) is 4.22. The highest BCUT2D eigenvalue weighted by Gasteiger charge is 2.36. The lowest BCUT2D eigenvalue weighted by Crippen LogP contribution is -2.51. The van der Waals surface area contributed by atoms with Crippen LogP contribution in [0.4, 0.5) is 5.69 Å². The van der Waals surface area contributed by atoms with Gasteiger partial charge in [0.2, 0.25) is 10.0 Å². The molecule has 220 valence electrons. The fraction of sp³-hybridized carbons (Fsp3) is 0.312. The minimum absolute atomic E-state index is 0.0161. The molecule has 0 atom stereocenters. The molecule has 3 aromatic carbocycles. The van der Waals surface area contributed by atoms with Crippen LogP contribution in [0.5, 0.6) is 0 Å². The molecule has 0 saturated carbocycles. The number of aliphatic imine (C=N–C) groups is 1. The molecule has 0 radical (unpaired) electrons. The third kappa shape index (κ3) is 6.32. The zero-order valence-corrected chi connectivity index (χ0v) is 24.6. The average Bonchev–Trinajstić information content (AvgIpc) is 3.13. The number of amidine groups is 1. The molecule has 0 bridgehead atoms. The van der Waals surface area contributed by atoms with E-state index in [1.54, 1.807) is 18.2 Å². The molecule has 1 saturated heterocycles. The topological polar surface area (TPSA) is 142 Å². The van der Waals surface area contributed by atoms with Gasteiger partial charge in [0.15, 0.2) is 0 Å². The van der Waals surface area contributed by atoms with Crippen LogP contribution in [0.25, 0.3) is 17.2 Å². The van der Waals surface area contributed by atoms with Crippen molar-refractivity contribution >= 4 is 33.5 Å². The van der Waals surface area contributed by atoms with E-state index in [2.05, 4.69) is 4.99 Å². The van der Waals surface area contributed by atoms with Gasteiger partial charge in [0.05, 0.1) is 10.6 Å². The molecule has 2 aliphatic heterocycles. The number of carbonyl (C=O) groups is 1. The van der Waals surface area contributed by atoms with Gasteiger partial charge in [-0.05, 0) is 52.9 Å². The van der Waals surface area contributed by atoms with Gasteiger partial charge in [-0.3, -0.25) is 4.79 Å². The van der Waals surface area contributed by atoms with Gasteiger partial charge in [-0.1, -0.05) is 55.5 Å². The summed E-state index contributed by atoms with van der Waals surface area (Å²) in [5, 5.41) is 9.27. The van der Waals surface area contributed by atoms with Gasteiger partial charge in [-0.25, -0.2) is 13.4 Å². The van der Waals surface area contributed by atoms with Crippen LogP contribution in [0.3, 0.4) is 0 Å². The quantitative estimate of drug-likeness (QED) is 0.331. The van der Waals surface area contributed by atoms with E-state index in [1.807, 2.05) is 66.4 Å². The van der Waals surface area contributed by atoms with Crippen molar-refractivity contribution in [2.24, 2.45) is 22.4 Å². The van der Waals surface area contributed by atoms with Gasteiger partial charge in [-0.2, -0.15) is 4.31 Å². The van der Waals surface area contributed by atoms with Crippen LogP contribution in [-0.4, -0.2) is 60.7 Å². The number of hydrogen-bond acceptors (Lipinski definition) is 7. The van der Waals surface area contributed by atoms with Gasteiger partial charge >= 0.3 is 0 Å². The molecular formula is C32H37N5O4S. The predicted octanol–water partition coefficient (Wildman–Crippen LogP) is 3.64. The molecule has 1 fully saturated rings. The van der Waals surface area contributed by atoms with Crippen LogP contribution in [-0.2, 0) is 27.9 Å². The Kier molecular flexibility index (Phi) is 8.88. The second-order valence-corrected chi connectivity index (χ2v) is 12.8. The number of aliphatic hydroxyl groups is 1. The van der Waals surface area contributed by atoms with Gasteiger partial charge in [0.25, 0.3) is 5.91 Å². The number of nitrogens with zero attached hydrogens (tertiary/aromatic N) is 3. The first kappa shape index (κ1) is 29.7. The zero-order chi connectivity index (χ0) is 29.9. The Hall–Kier alpha value is -3.83. The third-order valence-electron chi connectivity index (χ3n) is 7.67. The first-order chi connectivity index (χ1) is 20.2. The SMILES string of the molecule is CCCN(Cc1ccc(CN)cc1)C(=O)C1=Cc2ccc(-c3cccc(S(=O)(=O)N4CC(CO)C4)c3)cc2N=C(N)C1. The van der Waals surface area contributed by atoms with E-state index in [0.717, 1.165) is 34.2 Å². The standard InChI is InChI=1S/C32H37N5O4S/c1-2-12-36(18-23-8-6-22(17-33)7-9-23)32(39)28-13-27-11-10-26(15-30(27)35-31(34)16-28)25-4-3-5-29(14-25)42(40,41)37-19-24(20-37)21-38/h3-11,13-15,24,38H,2,12,16-21,33H2,1H3,(H2,34,35). The maximum atomic E-state index is 13.7. The average molecular weight is 588 g/mol. The largest absolute Gasteiger partial charge is 0.396 e. The molecule has 9 nitrogen and oxygen atoms in total. The van der Waals surface area contributed by atoms with Gasteiger partial charge in [0, 0.05) is 62.8 Å². The van der Waals surface area contributed by atoms with Crippen molar-refractivity contribution < 1.29 is 18.3 Å². The van der Waals surface area contributed by atoms with Crippen LogP contribution in [0.1, 0.15) is 36.5 Å². The fourth-order valence-corrected chi connectivity index (χ4v) is 6.89. The highest BCUT2D eigenvalue weighted by Crippen LogP contribution is 2.34. The highest BCUT2D eigenvalue weighted by molar-refractivity contribution is 7.89. The number of sulfonamides is 1. The van der Waals surface area contributed by atoms with Crippen LogP contribution in [0.15, 0.2) is 82.2 Å². The van der Waals surface area contributed by atoms with E-state index < -0.39 is 10.0 Å². The number of fused-ring (bicyclic) bond motifs is 1. The van der Waals surface area contributed by atoms with Crippen molar-refractivity contribution in [2.45, 2.75) is 37.8 Å². The van der Waals surface area contributed by atoms with Gasteiger partial charge in [-0.15, -0.1) is 0 Å². The number of amides is 1. The van der Waals surface area contributed by atoms with Crippen molar-refractivity contribution in [1.29, 1.82) is 0 Å². The number of hydrogen-bond donors (Lipinski definition) is 3. The Morgan fingerprint density at radius 1 is 1.05 bits per heavy atom. The number of rotatable bonds is 10. The molecule has 0 spiro atoms. The van der Waals surface area contributed by atoms with E-state index in [-0.39, 0.29) is 29.7 Å². The summed E-state index contributed by atoms with van der Waals surface area (Å²) in [6, 6.07) is 20.4. The van der Waals surface area contributed by atoms with E-state index in [4.69, 9.17) is 11.5 Å². The summed E-state index contributed by atoms with van der Waals surface area (Å²) in [5.74, 6) is 0.238. The molecule has 0 unspecified atom stereocenters. The minimum atomic E-state index is -3.65. The number of nitrogens with two attached hydrogens (primary N) is 2. The normalized spacial score (nSPS) is 15.7. The fourth-order valence-electron chi connectivity index (χ4n) is 5.25. The first-order valence-electron chi connectivity index (χ1n) is 14.2. The molecule has 3 aromatic rings. The molecule has 0 aliphatic carbocycles. The van der Waals surface area contributed by atoms with Crippen molar-refractivity contribution in [1.82, 2.24) is 9.21 Å². The van der Waals surface area contributed by atoms with E-state index >= 15 is 0 Å². The van der Waals surface area contributed by atoms with E-state index in [9.17, 15) is 18.3 Å². The first-order valence-corrected chi connectivity index (χ1v) is 15.6. The van der Waals surface area contributed by atoms with Gasteiger partial charge in [0.1, 0.15) is 5.84 Å². The summed E-state index contributed by atoms with van der Waals surface area (Å²) in [4.78, 5) is 20.4. The maximum Gasteiger partial charge on any atom is 0.250 e. The minimum Gasteiger partial charge on any atom is -0.396 e. The number of benzene rings is 3. The summed E-state index contributed by atoms with van der Waals surface area (Å²) in [7, 11) is -3.65. The van der Waals surface area contributed by atoms with Crippen LogP contribution in [0, 0.1) is 5.92 Å². The highest BCUT2D eigenvalue weighted by atomic mass is 32.2. The molecule has 1 amide bonds. The second kappa shape index (κ2) is 12.6. The van der Waals surface area contributed by atoms with Crippen molar-refractivity contribution in [3.8, 4) is 11.1 Å². The molecule has 0 aromatic heterocycles. The molecule has 5 rings (SSSR count). The monoisotopic (exact) mass is 587 g/mol. The van der Waals surface area contributed by atoms with Gasteiger partial charge < -0.3 is 21.5 Å². The lowest BCUT2D eigenvalue weighted by molar-refractivity contribution is -0.127. The van der Waals surface area contributed by atoms with Crippen molar-refractivity contribution in [3.05, 3.63) is 89.0 Å². The Morgan fingerprint density at radius 2 is 1.76 bits per heavy atom.